The Bertz CT molecular complexity index is 832. The first-order valence-electron chi connectivity index (χ1n) is 10.6. The monoisotopic (exact) mass is 415 g/mol. The lowest BCUT2D eigenvalue weighted by molar-refractivity contribution is -0.151. The summed E-state index contributed by atoms with van der Waals surface area (Å²) in [5.74, 6) is 4.25. The van der Waals surface area contributed by atoms with Crippen LogP contribution in [0.1, 0.15) is 56.6 Å². The molecule has 1 aliphatic rings. The predicted octanol–water partition coefficient (Wildman–Crippen LogP) is 4.44. The topological polar surface area (TPSA) is 90.4 Å². The first-order valence-corrected chi connectivity index (χ1v) is 10.6. The Morgan fingerprint density at radius 3 is 2.80 bits per heavy atom. The lowest BCUT2D eigenvalue weighted by Gasteiger charge is -2.31. The molecule has 3 N–H and O–H groups in total. The van der Waals surface area contributed by atoms with Crippen molar-refractivity contribution in [2.45, 2.75) is 63.5 Å². The maximum absolute atomic E-state index is 13.8. The van der Waals surface area contributed by atoms with E-state index in [1.165, 1.54) is 30.9 Å². The highest BCUT2D eigenvalue weighted by atomic mass is 19.1. The molecule has 30 heavy (non-hydrogen) atoms. The molecule has 1 heterocycles. The number of rotatable bonds is 10. The number of carbonyl (C=O) groups is 1. The Balaban J connectivity index is 1.89. The second kappa shape index (κ2) is 11.0. The Hall–Kier alpha value is -2.51. The van der Waals surface area contributed by atoms with Crippen LogP contribution in [0.3, 0.4) is 0 Å². The van der Waals surface area contributed by atoms with E-state index in [1.807, 2.05) is 12.3 Å². The molecule has 2 atom stereocenters. The number of imidazole rings is 1. The van der Waals surface area contributed by atoms with Crippen LogP contribution in [0.25, 0.3) is 0 Å². The van der Waals surface area contributed by atoms with Crippen LogP contribution in [0.5, 0.6) is 0 Å². The van der Waals surface area contributed by atoms with E-state index < -0.39 is 12.1 Å². The number of aromatic nitrogens is 2. The summed E-state index contributed by atoms with van der Waals surface area (Å²) in [5, 5.41) is 9.19. The number of aliphatic carboxylic acids is 1. The first-order chi connectivity index (χ1) is 14.6. The van der Waals surface area contributed by atoms with Crippen molar-refractivity contribution in [3.8, 4) is 0 Å². The van der Waals surface area contributed by atoms with Gasteiger partial charge < -0.3 is 9.67 Å². The molecule has 3 rings (SSSR count). The molecule has 0 amide bonds. The van der Waals surface area contributed by atoms with Crippen LogP contribution in [-0.2, 0) is 16.1 Å². The fourth-order valence-electron chi connectivity index (χ4n) is 4.40. The largest absolute Gasteiger partial charge is 0.479 e. The van der Waals surface area contributed by atoms with Crippen molar-refractivity contribution in [2.24, 2.45) is 11.8 Å². The minimum atomic E-state index is -1.06. The molecule has 1 fully saturated rings. The molecule has 1 aromatic carbocycles. The third kappa shape index (κ3) is 6.00. The molecule has 0 saturated heterocycles. The molecular formula is C23H30FN3O3. The average molecular weight is 416 g/mol. The number of carboxylic acid groups (broad SMARTS) is 1. The molecule has 6 nitrogen and oxygen atoms in total. The first kappa shape index (κ1) is 22.2. The number of hydrogen-bond acceptors (Lipinski definition) is 4. The van der Waals surface area contributed by atoms with E-state index in [1.54, 1.807) is 24.7 Å². The van der Waals surface area contributed by atoms with Gasteiger partial charge in [-0.15, -0.1) is 0 Å². The maximum atomic E-state index is 13.8. The normalized spacial score (nSPS) is 17.6. The summed E-state index contributed by atoms with van der Waals surface area (Å²) in [7, 11) is 0. The molecule has 0 radical (unpaired) electrons. The maximum Gasteiger partial charge on any atom is 0.334 e. The van der Waals surface area contributed by atoms with Crippen LogP contribution < -0.4 is 5.90 Å². The highest BCUT2D eigenvalue weighted by molar-refractivity contribution is 5.72. The molecule has 0 bridgehead atoms. The minimum Gasteiger partial charge on any atom is -0.479 e. The summed E-state index contributed by atoms with van der Waals surface area (Å²) in [6.07, 6.45) is 13.9. The van der Waals surface area contributed by atoms with Gasteiger partial charge >= 0.3 is 5.97 Å². The van der Waals surface area contributed by atoms with Gasteiger partial charge in [0.25, 0.3) is 0 Å². The van der Waals surface area contributed by atoms with Crippen LogP contribution in [0.4, 0.5) is 4.39 Å². The predicted molar refractivity (Wildman–Crippen MR) is 112 cm³/mol. The second-order valence-corrected chi connectivity index (χ2v) is 7.94. The summed E-state index contributed by atoms with van der Waals surface area (Å²) in [6, 6.07) is 6.70. The summed E-state index contributed by atoms with van der Waals surface area (Å²) >= 11 is 0. The molecule has 162 valence electrons. The highest BCUT2D eigenvalue weighted by Gasteiger charge is 2.26. The van der Waals surface area contributed by atoms with Gasteiger partial charge in [-0.05, 0) is 61.3 Å². The number of carboxylic acids is 1. The van der Waals surface area contributed by atoms with Gasteiger partial charge in [0.05, 0.1) is 12.4 Å². The summed E-state index contributed by atoms with van der Waals surface area (Å²) in [5.41, 5.74) is 2.18. The zero-order valence-corrected chi connectivity index (χ0v) is 17.1. The second-order valence-electron chi connectivity index (χ2n) is 7.94. The zero-order valence-electron chi connectivity index (χ0n) is 17.1. The van der Waals surface area contributed by atoms with Crippen molar-refractivity contribution in [1.82, 2.24) is 9.55 Å². The lowest BCUT2D eigenvalue weighted by Crippen LogP contribution is -2.27. The standard InChI is InChI=1S/C23H30FN3O3/c24-19-9-4-6-17(14-19)15-21(27-13-12-26-16-27)20(18-7-2-1-3-8-18)10-5-11-22(30-25)23(28)29/h4,6,9-10,12-14,16,18,21-22H,1-3,5,7-8,11,15,25H2,(H,28,29)/b20-10-. The molecule has 7 heteroatoms. The van der Waals surface area contributed by atoms with Crippen LogP contribution in [0.2, 0.25) is 0 Å². The van der Waals surface area contributed by atoms with Gasteiger partial charge in [-0.25, -0.2) is 20.1 Å². The van der Waals surface area contributed by atoms with Crippen LogP contribution in [-0.4, -0.2) is 26.7 Å². The van der Waals surface area contributed by atoms with Crippen molar-refractivity contribution in [3.63, 3.8) is 0 Å². The number of nitrogens with two attached hydrogens (primary N) is 1. The van der Waals surface area contributed by atoms with E-state index in [9.17, 15) is 14.3 Å². The smallest absolute Gasteiger partial charge is 0.334 e. The number of nitrogens with zero attached hydrogens (tertiary/aromatic N) is 2. The molecule has 0 aliphatic heterocycles. The fourth-order valence-corrected chi connectivity index (χ4v) is 4.40. The average Bonchev–Trinajstić information content (AvgIpc) is 3.28. The summed E-state index contributed by atoms with van der Waals surface area (Å²) < 4.78 is 15.9. The van der Waals surface area contributed by atoms with Crippen LogP contribution >= 0.6 is 0 Å². The van der Waals surface area contributed by atoms with E-state index >= 15 is 0 Å². The van der Waals surface area contributed by atoms with Gasteiger partial charge in [0.15, 0.2) is 6.10 Å². The van der Waals surface area contributed by atoms with E-state index in [-0.39, 0.29) is 11.9 Å². The third-order valence-corrected chi connectivity index (χ3v) is 5.91. The SMILES string of the molecule is NOC(CC/C=C(/C1CCCCC1)C(Cc1cccc(F)c1)n1ccnc1)C(=O)O. The number of allylic oxidation sites excluding steroid dienone is 2. The lowest BCUT2D eigenvalue weighted by atomic mass is 9.79. The molecule has 2 unspecified atom stereocenters. The van der Waals surface area contributed by atoms with Gasteiger partial charge in [0, 0.05) is 12.4 Å². The molecule has 1 saturated carbocycles. The number of hydrogen-bond donors (Lipinski definition) is 2. The van der Waals surface area contributed by atoms with Gasteiger partial charge in [0.2, 0.25) is 0 Å². The molecule has 2 aromatic rings. The van der Waals surface area contributed by atoms with Crippen molar-refractivity contribution >= 4 is 5.97 Å². The Morgan fingerprint density at radius 1 is 1.37 bits per heavy atom. The molecular weight excluding hydrogens is 385 g/mol. The Morgan fingerprint density at radius 2 is 2.17 bits per heavy atom. The minimum absolute atomic E-state index is 0.000488. The van der Waals surface area contributed by atoms with E-state index in [0.29, 0.717) is 25.2 Å². The fraction of sp³-hybridized carbons (Fsp3) is 0.478. The van der Waals surface area contributed by atoms with Crippen LogP contribution in [0, 0.1) is 11.7 Å². The van der Waals surface area contributed by atoms with Gasteiger partial charge in [0.1, 0.15) is 5.82 Å². The quantitative estimate of drug-likeness (QED) is 0.442. The zero-order chi connectivity index (χ0) is 21.3. The Kier molecular flexibility index (Phi) is 8.16. The van der Waals surface area contributed by atoms with Crippen molar-refractivity contribution in [3.05, 3.63) is 66.0 Å². The Labute approximate surface area is 176 Å². The van der Waals surface area contributed by atoms with Gasteiger partial charge in [-0.2, -0.15) is 0 Å². The van der Waals surface area contributed by atoms with Gasteiger partial charge in [-0.1, -0.05) is 37.5 Å². The molecule has 1 aliphatic carbocycles. The van der Waals surface area contributed by atoms with E-state index in [2.05, 4.69) is 20.5 Å². The third-order valence-electron chi connectivity index (χ3n) is 5.91. The summed E-state index contributed by atoms with van der Waals surface area (Å²) in [6.45, 7) is 0. The van der Waals surface area contributed by atoms with Crippen LogP contribution in [0.15, 0.2) is 54.6 Å². The van der Waals surface area contributed by atoms with Gasteiger partial charge in [-0.3, -0.25) is 4.84 Å². The van der Waals surface area contributed by atoms with Crippen molar-refractivity contribution in [2.75, 3.05) is 0 Å². The molecule has 0 spiro atoms. The van der Waals surface area contributed by atoms with Crippen molar-refractivity contribution in [1.29, 1.82) is 0 Å². The summed E-state index contributed by atoms with van der Waals surface area (Å²) in [4.78, 5) is 20.0. The highest BCUT2D eigenvalue weighted by Crippen LogP contribution is 2.37. The van der Waals surface area contributed by atoms with E-state index in [0.717, 1.165) is 18.4 Å². The van der Waals surface area contributed by atoms with Crippen molar-refractivity contribution < 1.29 is 19.1 Å². The molecule has 1 aromatic heterocycles. The number of benzene rings is 1. The van der Waals surface area contributed by atoms with E-state index in [4.69, 9.17) is 5.90 Å². The number of halogens is 1.